The van der Waals surface area contributed by atoms with E-state index in [1.165, 1.54) is 0 Å². The molecule has 0 bridgehead atoms. The lowest BCUT2D eigenvalue weighted by Crippen LogP contribution is -2.26. The lowest BCUT2D eigenvalue weighted by Gasteiger charge is -2.13. The first-order chi connectivity index (χ1) is 7.27. The molecule has 1 fully saturated rings. The summed E-state index contributed by atoms with van der Waals surface area (Å²) in [6.45, 7) is 6.60. The van der Waals surface area contributed by atoms with Crippen LogP contribution in [-0.2, 0) is 11.3 Å². The number of hydrogen-bond acceptors (Lipinski definition) is 5. The second-order valence-electron chi connectivity index (χ2n) is 4.05. The van der Waals surface area contributed by atoms with Gasteiger partial charge in [-0.25, -0.2) is 4.63 Å². The van der Waals surface area contributed by atoms with Crippen molar-refractivity contribution < 1.29 is 9.37 Å². The lowest BCUT2D eigenvalue weighted by molar-refractivity contribution is 0.105. The van der Waals surface area contributed by atoms with E-state index in [2.05, 4.69) is 27.2 Å². The van der Waals surface area contributed by atoms with Crippen LogP contribution in [-0.4, -0.2) is 29.6 Å². The van der Waals surface area contributed by atoms with Crippen LogP contribution < -0.4 is 5.32 Å². The molecule has 2 atom stereocenters. The minimum absolute atomic E-state index is 0.369. The maximum Gasteiger partial charge on any atom is 0.121 e. The molecule has 2 heterocycles. The maximum absolute atomic E-state index is 5.49. The molecule has 5 heteroatoms. The summed E-state index contributed by atoms with van der Waals surface area (Å²) >= 11 is 0. The maximum atomic E-state index is 5.49. The highest BCUT2D eigenvalue weighted by atomic mass is 16.6. The number of nitrogens with zero attached hydrogens (tertiary/aromatic N) is 2. The first kappa shape index (κ1) is 10.6. The topological polar surface area (TPSA) is 60.2 Å². The van der Waals surface area contributed by atoms with Gasteiger partial charge in [0.1, 0.15) is 11.4 Å². The van der Waals surface area contributed by atoms with Crippen molar-refractivity contribution in [1.29, 1.82) is 0 Å². The standard InChI is InChI=1S/C10H17N3O2/c1-7-10(13-15-12-7)6-11-5-9-3-4-14-8(9)2/h8-9,11H,3-6H2,1-2H3. The fraction of sp³-hybridized carbons (Fsp3) is 0.800. The second kappa shape index (κ2) is 4.72. The molecule has 1 aromatic heterocycles. The van der Waals surface area contributed by atoms with Crippen LogP contribution in [0.2, 0.25) is 0 Å². The fourth-order valence-corrected chi connectivity index (χ4v) is 1.83. The largest absolute Gasteiger partial charge is 0.378 e. The Bertz CT molecular complexity index is 313. The first-order valence-electron chi connectivity index (χ1n) is 5.37. The van der Waals surface area contributed by atoms with Gasteiger partial charge in [0.05, 0.1) is 6.10 Å². The monoisotopic (exact) mass is 211 g/mol. The highest BCUT2D eigenvalue weighted by molar-refractivity contribution is 5.03. The summed E-state index contributed by atoms with van der Waals surface area (Å²) in [5.41, 5.74) is 1.75. The van der Waals surface area contributed by atoms with E-state index in [-0.39, 0.29) is 0 Å². The van der Waals surface area contributed by atoms with E-state index in [9.17, 15) is 0 Å². The summed E-state index contributed by atoms with van der Waals surface area (Å²) in [4.78, 5) is 0. The molecule has 0 aromatic carbocycles. The van der Waals surface area contributed by atoms with Crippen LogP contribution in [0.3, 0.4) is 0 Å². The summed E-state index contributed by atoms with van der Waals surface area (Å²) in [6.07, 6.45) is 1.51. The second-order valence-corrected chi connectivity index (χ2v) is 4.05. The van der Waals surface area contributed by atoms with Gasteiger partial charge >= 0.3 is 0 Å². The van der Waals surface area contributed by atoms with Gasteiger partial charge in [-0.1, -0.05) is 10.3 Å². The van der Waals surface area contributed by atoms with Crippen molar-refractivity contribution >= 4 is 0 Å². The predicted molar refractivity (Wildman–Crippen MR) is 54.3 cm³/mol. The molecule has 0 saturated carbocycles. The molecule has 0 radical (unpaired) electrons. The van der Waals surface area contributed by atoms with Crippen molar-refractivity contribution in [2.24, 2.45) is 5.92 Å². The Kier molecular flexibility index (Phi) is 3.33. The van der Waals surface area contributed by atoms with Crippen LogP contribution in [0, 0.1) is 12.8 Å². The van der Waals surface area contributed by atoms with Gasteiger partial charge in [0.25, 0.3) is 0 Å². The van der Waals surface area contributed by atoms with Crippen LogP contribution in [0.4, 0.5) is 0 Å². The molecule has 1 aliphatic rings. The molecule has 0 aliphatic carbocycles. The first-order valence-corrected chi connectivity index (χ1v) is 5.37. The molecule has 0 spiro atoms. The average molecular weight is 211 g/mol. The lowest BCUT2D eigenvalue weighted by atomic mass is 10.0. The van der Waals surface area contributed by atoms with Crippen molar-refractivity contribution in [2.45, 2.75) is 32.9 Å². The molecular weight excluding hydrogens is 194 g/mol. The van der Waals surface area contributed by atoms with Gasteiger partial charge in [0.15, 0.2) is 0 Å². The van der Waals surface area contributed by atoms with Crippen LogP contribution in [0.5, 0.6) is 0 Å². The van der Waals surface area contributed by atoms with Crippen molar-refractivity contribution in [3.05, 3.63) is 11.4 Å². The van der Waals surface area contributed by atoms with Gasteiger partial charge in [-0.3, -0.25) is 0 Å². The number of nitrogens with one attached hydrogen (secondary N) is 1. The molecule has 1 N–H and O–H groups in total. The zero-order chi connectivity index (χ0) is 10.7. The van der Waals surface area contributed by atoms with E-state index in [0.29, 0.717) is 12.0 Å². The van der Waals surface area contributed by atoms with Crippen molar-refractivity contribution in [2.75, 3.05) is 13.2 Å². The third-order valence-electron chi connectivity index (χ3n) is 2.98. The number of rotatable bonds is 4. The average Bonchev–Trinajstić information content (AvgIpc) is 2.78. The van der Waals surface area contributed by atoms with E-state index >= 15 is 0 Å². The number of ether oxygens (including phenoxy) is 1. The summed E-state index contributed by atoms with van der Waals surface area (Å²) < 4.78 is 10.1. The Morgan fingerprint density at radius 2 is 2.33 bits per heavy atom. The van der Waals surface area contributed by atoms with E-state index < -0.39 is 0 Å². The summed E-state index contributed by atoms with van der Waals surface area (Å²) in [7, 11) is 0. The smallest absolute Gasteiger partial charge is 0.121 e. The number of hydrogen-bond donors (Lipinski definition) is 1. The molecule has 2 rings (SSSR count). The highest BCUT2D eigenvalue weighted by Crippen LogP contribution is 2.19. The van der Waals surface area contributed by atoms with E-state index in [4.69, 9.17) is 4.74 Å². The Balaban J connectivity index is 1.73. The van der Waals surface area contributed by atoms with Crippen molar-refractivity contribution in [1.82, 2.24) is 15.6 Å². The van der Waals surface area contributed by atoms with Gasteiger partial charge in [-0.15, -0.1) is 0 Å². The molecule has 1 aliphatic heterocycles. The third-order valence-corrected chi connectivity index (χ3v) is 2.98. The predicted octanol–water partition coefficient (Wildman–Crippen LogP) is 0.893. The van der Waals surface area contributed by atoms with Gasteiger partial charge in [-0.05, 0) is 26.2 Å². The van der Waals surface area contributed by atoms with Gasteiger partial charge in [0, 0.05) is 19.7 Å². The van der Waals surface area contributed by atoms with Crippen LogP contribution in [0.15, 0.2) is 4.63 Å². The van der Waals surface area contributed by atoms with Gasteiger partial charge in [-0.2, -0.15) is 0 Å². The Hall–Kier alpha value is -0.940. The molecule has 2 unspecified atom stereocenters. The molecule has 5 nitrogen and oxygen atoms in total. The fourth-order valence-electron chi connectivity index (χ4n) is 1.83. The normalized spacial score (nSPS) is 26.0. The Labute approximate surface area is 89.1 Å². The summed E-state index contributed by atoms with van der Waals surface area (Å²) in [6, 6.07) is 0. The molecule has 0 amide bonds. The SMILES string of the molecule is Cc1nonc1CNCC1CCOC1C. The minimum atomic E-state index is 0.369. The molecule has 1 saturated heterocycles. The quantitative estimate of drug-likeness (QED) is 0.801. The van der Waals surface area contributed by atoms with E-state index in [0.717, 1.165) is 37.5 Å². The van der Waals surface area contributed by atoms with Crippen molar-refractivity contribution in [3.63, 3.8) is 0 Å². The minimum Gasteiger partial charge on any atom is -0.378 e. The number of aromatic nitrogens is 2. The van der Waals surface area contributed by atoms with Gasteiger partial charge in [0.2, 0.25) is 0 Å². The third kappa shape index (κ3) is 2.54. The molecular formula is C10H17N3O2. The molecule has 1 aromatic rings. The van der Waals surface area contributed by atoms with E-state index in [1.54, 1.807) is 0 Å². The number of aryl methyl sites for hydroxylation is 1. The Morgan fingerprint density at radius 1 is 1.47 bits per heavy atom. The highest BCUT2D eigenvalue weighted by Gasteiger charge is 2.23. The van der Waals surface area contributed by atoms with Gasteiger partial charge < -0.3 is 10.1 Å². The zero-order valence-electron chi connectivity index (χ0n) is 9.19. The van der Waals surface area contributed by atoms with E-state index in [1.807, 2.05) is 6.92 Å². The van der Waals surface area contributed by atoms with Crippen LogP contribution in [0.25, 0.3) is 0 Å². The molecule has 15 heavy (non-hydrogen) atoms. The summed E-state index contributed by atoms with van der Waals surface area (Å²) in [5.74, 6) is 0.616. The van der Waals surface area contributed by atoms with Crippen molar-refractivity contribution in [3.8, 4) is 0 Å². The zero-order valence-corrected chi connectivity index (χ0v) is 9.19. The van der Waals surface area contributed by atoms with Crippen LogP contribution in [0.1, 0.15) is 24.7 Å². The van der Waals surface area contributed by atoms with Crippen LogP contribution >= 0.6 is 0 Å². The molecule has 84 valence electrons. The Morgan fingerprint density at radius 3 is 2.93 bits per heavy atom. The summed E-state index contributed by atoms with van der Waals surface area (Å²) in [5, 5.41) is 10.9.